The summed E-state index contributed by atoms with van der Waals surface area (Å²) in [6, 6.07) is 15.2. The molecule has 0 saturated carbocycles. The number of halogens is 1. The molecule has 2 rings (SSSR count). The van der Waals surface area contributed by atoms with Gasteiger partial charge >= 0.3 is 5.97 Å². The Hall–Kier alpha value is -2.53. The second kappa shape index (κ2) is 9.69. The van der Waals surface area contributed by atoms with E-state index in [9.17, 15) is 9.59 Å². The molecule has 0 atom stereocenters. The van der Waals surface area contributed by atoms with Gasteiger partial charge in [0.05, 0.1) is 6.42 Å². The third-order valence-electron chi connectivity index (χ3n) is 3.54. The highest BCUT2D eigenvalue weighted by molar-refractivity contribution is 6.30. The molecule has 132 valence electrons. The van der Waals surface area contributed by atoms with Gasteiger partial charge in [0.1, 0.15) is 12.4 Å². The van der Waals surface area contributed by atoms with Gasteiger partial charge in [0, 0.05) is 18.0 Å². The monoisotopic (exact) mass is 361 g/mol. The van der Waals surface area contributed by atoms with Crippen LogP contribution in [0.15, 0.2) is 48.5 Å². The highest BCUT2D eigenvalue weighted by atomic mass is 35.5. The molecule has 0 spiro atoms. The molecule has 0 aromatic heterocycles. The van der Waals surface area contributed by atoms with Gasteiger partial charge in [-0.1, -0.05) is 41.9 Å². The van der Waals surface area contributed by atoms with E-state index in [0.717, 1.165) is 11.1 Å². The van der Waals surface area contributed by atoms with Crippen LogP contribution < -0.4 is 10.1 Å². The quantitative estimate of drug-likeness (QED) is 0.717. The zero-order valence-electron chi connectivity index (χ0n) is 13.7. The Kier molecular flexibility index (Phi) is 7.29. The number of ether oxygens (including phenoxy) is 1. The average molecular weight is 362 g/mol. The molecular weight excluding hydrogens is 342 g/mol. The molecule has 0 radical (unpaired) electrons. The van der Waals surface area contributed by atoms with Gasteiger partial charge in [-0.25, -0.2) is 0 Å². The van der Waals surface area contributed by atoms with Crippen LogP contribution in [0.25, 0.3) is 0 Å². The van der Waals surface area contributed by atoms with E-state index < -0.39 is 5.97 Å². The summed E-state index contributed by atoms with van der Waals surface area (Å²) < 4.78 is 5.87. The highest BCUT2D eigenvalue weighted by Gasteiger charge is 2.08. The first-order valence-electron chi connectivity index (χ1n) is 7.98. The number of carbonyl (C=O) groups is 2. The molecule has 6 heteroatoms. The third kappa shape index (κ3) is 6.85. The predicted molar refractivity (Wildman–Crippen MR) is 95.8 cm³/mol. The number of aliphatic carboxylic acids is 1. The smallest absolute Gasteiger partial charge is 0.303 e. The Morgan fingerprint density at radius 1 is 1.08 bits per heavy atom. The van der Waals surface area contributed by atoms with Gasteiger partial charge in [0.25, 0.3) is 0 Å². The minimum Gasteiger partial charge on any atom is -0.489 e. The lowest BCUT2D eigenvalue weighted by atomic mass is 10.1. The second-order valence-electron chi connectivity index (χ2n) is 5.52. The molecule has 0 fully saturated rings. The number of amides is 1. The molecule has 2 aromatic rings. The summed E-state index contributed by atoms with van der Waals surface area (Å²) in [5.74, 6) is -0.550. The molecule has 0 aliphatic rings. The summed E-state index contributed by atoms with van der Waals surface area (Å²) in [6.07, 6.45) is 0.347. The summed E-state index contributed by atoms with van der Waals surface area (Å²) in [6.45, 7) is 0.834. The van der Waals surface area contributed by atoms with Gasteiger partial charge in [-0.2, -0.15) is 0 Å². The summed E-state index contributed by atoms with van der Waals surface area (Å²) in [4.78, 5) is 22.0. The number of hydrogen-bond donors (Lipinski definition) is 2. The zero-order chi connectivity index (χ0) is 18.1. The number of nitrogens with one attached hydrogen (secondary N) is 1. The molecule has 2 aromatic carbocycles. The van der Waals surface area contributed by atoms with Crippen LogP contribution in [0.5, 0.6) is 5.75 Å². The van der Waals surface area contributed by atoms with E-state index in [1.165, 1.54) is 0 Å². The topological polar surface area (TPSA) is 75.6 Å². The number of benzene rings is 2. The fraction of sp³-hybridized carbons (Fsp3) is 0.263. The first kappa shape index (κ1) is 18.8. The Morgan fingerprint density at radius 3 is 2.56 bits per heavy atom. The van der Waals surface area contributed by atoms with Gasteiger partial charge in [0.2, 0.25) is 5.91 Å². The summed E-state index contributed by atoms with van der Waals surface area (Å²) in [7, 11) is 0. The molecule has 5 nitrogen and oxygen atoms in total. The fourth-order valence-corrected chi connectivity index (χ4v) is 2.46. The number of carbonyl (C=O) groups excluding carboxylic acids is 1. The predicted octanol–water partition coefficient (Wildman–Crippen LogP) is 3.44. The van der Waals surface area contributed by atoms with E-state index in [0.29, 0.717) is 30.3 Å². The van der Waals surface area contributed by atoms with Crippen LogP contribution in [0.2, 0.25) is 5.02 Å². The Morgan fingerprint density at radius 2 is 1.84 bits per heavy atom. The lowest BCUT2D eigenvalue weighted by molar-refractivity contribution is -0.138. The minimum absolute atomic E-state index is 0.0256. The summed E-state index contributed by atoms with van der Waals surface area (Å²) in [5.41, 5.74) is 1.95. The van der Waals surface area contributed by atoms with Crippen LogP contribution >= 0.6 is 11.6 Å². The summed E-state index contributed by atoms with van der Waals surface area (Å²) >= 11 is 6.05. The minimum atomic E-state index is -0.985. The van der Waals surface area contributed by atoms with Crippen molar-refractivity contribution in [3.8, 4) is 5.75 Å². The summed E-state index contributed by atoms with van der Waals surface area (Å²) in [5, 5.41) is 11.9. The first-order chi connectivity index (χ1) is 12.0. The molecule has 1 amide bonds. The van der Waals surface area contributed by atoms with E-state index in [2.05, 4.69) is 5.32 Å². The van der Waals surface area contributed by atoms with Crippen molar-refractivity contribution >= 4 is 23.5 Å². The lowest BCUT2D eigenvalue weighted by Gasteiger charge is -2.13. The van der Waals surface area contributed by atoms with Crippen molar-refractivity contribution in [1.29, 1.82) is 0 Å². The first-order valence-corrected chi connectivity index (χ1v) is 8.36. The van der Waals surface area contributed by atoms with Crippen LogP contribution in [0.4, 0.5) is 0 Å². The molecule has 0 bridgehead atoms. The number of carboxylic acids is 1. The molecule has 2 N–H and O–H groups in total. The molecule has 0 aliphatic carbocycles. The van der Waals surface area contributed by atoms with Crippen LogP contribution in [0.1, 0.15) is 24.0 Å². The number of hydrogen-bond acceptors (Lipinski definition) is 3. The normalized spacial score (nSPS) is 10.3. The highest BCUT2D eigenvalue weighted by Crippen LogP contribution is 2.24. The largest absolute Gasteiger partial charge is 0.489 e. The van der Waals surface area contributed by atoms with Crippen molar-refractivity contribution in [3.63, 3.8) is 0 Å². The van der Waals surface area contributed by atoms with Crippen LogP contribution in [0, 0.1) is 0 Å². The molecule has 25 heavy (non-hydrogen) atoms. The van der Waals surface area contributed by atoms with Crippen molar-refractivity contribution in [2.24, 2.45) is 0 Å². The molecule has 0 heterocycles. The molecule has 0 unspecified atom stereocenters. The SMILES string of the molecule is O=C(O)CCC(=O)NCCc1cc(Cl)ccc1OCc1ccccc1. The van der Waals surface area contributed by atoms with Crippen molar-refractivity contribution in [3.05, 3.63) is 64.7 Å². The maximum absolute atomic E-state index is 11.6. The van der Waals surface area contributed by atoms with Crippen LogP contribution in [0.3, 0.4) is 0 Å². The Bertz CT molecular complexity index is 719. The van der Waals surface area contributed by atoms with Crippen LogP contribution in [-0.2, 0) is 22.6 Å². The number of rotatable bonds is 9. The van der Waals surface area contributed by atoms with E-state index in [1.807, 2.05) is 42.5 Å². The van der Waals surface area contributed by atoms with Crippen molar-refractivity contribution < 1.29 is 19.4 Å². The Balaban J connectivity index is 1.89. The van der Waals surface area contributed by atoms with Gasteiger partial charge in [-0.05, 0) is 35.7 Å². The van der Waals surface area contributed by atoms with Gasteiger partial charge in [-0.3, -0.25) is 9.59 Å². The third-order valence-corrected chi connectivity index (χ3v) is 3.78. The van der Waals surface area contributed by atoms with Crippen molar-refractivity contribution in [1.82, 2.24) is 5.32 Å². The van der Waals surface area contributed by atoms with E-state index in [1.54, 1.807) is 6.07 Å². The van der Waals surface area contributed by atoms with E-state index >= 15 is 0 Å². The van der Waals surface area contributed by atoms with Crippen molar-refractivity contribution in [2.75, 3.05) is 6.54 Å². The molecular formula is C19H20ClNO4. The lowest BCUT2D eigenvalue weighted by Crippen LogP contribution is -2.26. The van der Waals surface area contributed by atoms with Crippen LogP contribution in [-0.4, -0.2) is 23.5 Å². The standard InChI is InChI=1S/C19H20ClNO4/c20-16-6-7-17(25-13-14-4-2-1-3-5-14)15(12-16)10-11-21-18(22)8-9-19(23)24/h1-7,12H,8-11,13H2,(H,21,22)(H,23,24). The maximum atomic E-state index is 11.6. The van der Waals surface area contributed by atoms with Crippen molar-refractivity contribution in [2.45, 2.75) is 25.9 Å². The average Bonchev–Trinajstić information content (AvgIpc) is 2.60. The zero-order valence-corrected chi connectivity index (χ0v) is 14.5. The van der Waals surface area contributed by atoms with E-state index in [4.69, 9.17) is 21.4 Å². The fourth-order valence-electron chi connectivity index (χ4n) is 2.26. The van der Waals surface area contributed by atoms with Gasteiger partial charge in [0.15, 0.2) is 0 Å². The van der Waals surface area contributed by atoms with E-state index in [-0.39, 0.29) is 18.7 Å². The second-order valence-corrected chi connectivity index (χ2v) is 5.96. The molecule has 0 aliphatic heterocycles. The molecule has 0 saturated heterocycles. The van der Waals surface area contributed by atoms with Gasteiger partial charge < -0.3 is 15.2 Å². The Labute approximate surface area is 151 Å². The maximum Gasteiger partial charge on any atom is 0.303 e. The van der Waals surface area contributed by atoms with Gasteiger partial charge in [-0.15, -0.1) is 0 Å². The number of carboxylic acid groups (broad SMARTS) is 1.